The molecule has 1 aliphatic carbocycles. The van der Waals surface area contributed by atoms with E-state index in [1.807, 2.05) is 12.1 Å². The Kier molecular flexibility index (Phi) is 3.18. The number of nitrogens with one attached hydrogen (secondary N) is 1. The fourth-order valence-electron chi connectivity index (χ4n) is 2.13. The zero-order chi connectivity index (χ0) is 13.4. The summed E-state index contributed by atoms with van der Waals surface area (Å²) < 4.78 is 26.7. The third-order valence-corrected chi connectivity index (χ3v) is 4.70. The summed E-state index contributed by atoms with van der Waals surface area (Å²) in [5.74, 6) is 0. The van der Waals surface area contributed by atoms with Crippen LogP contribution < -0.4 is 4.72 Å². The summed E-state index contributed by atoms with van der Waals surface area (Å²) in [4.78, 5) is 0.242. The quantitative estimate of drug-likeness (QED) is 0.904. The number of hydrogen-bond acceptors (Lipinski definition) is 3. The molecule has 1 N–H and O–H groups in total. The van der Waals surface area contributed by atoms with Gasteiger partial charge in [0.25, 0.3) is 0 Å². The summed E-state index contributed by atoms with van der Waals surface area (Å²) in [6.07, 6.45) is 3.03. The summed E-state index contributed by atoms with van der Waals surface area (Å²) >= 11 is 0. The van der Waals surface area contributed by atoms with Gasteiger partial charge in [0, 0.05) is 0 Å². The van der Waals surface area contributed by atoms with Crippen LogP contribution in [0.3, 0.4) is 0 Å². The molecule has 2 rings (SSSR count). The molecule has 0 atom stereocenters. The summed E-state index contributed by atoms with van der Waals surface area (Å²) in [5.41, 5.74) is 1.24. The third kappa shape index (κ3) is 2.55. The SMILES string of the molecule is CC(C)(C#N)NS(=O)(=O)c1ccc2c(c1)CCC2. The molecule has 1 aromatic rings. The predicted molar refractivity (Wildman–Crippen MR) is 68.5 cm³/mol. The van der Waals surface area contributed by atoms with Crippen LogP contribution in [0.5, 0.6) is 0 Å². The molecule has 0 radical (unpaired) electrons. The zero-order valence-corrected chi connectivity index (χ0v) is 11.3. The normalized spacial score (nSPS) is 15.2. The number of aryl methyl sites for hydroxylation is 2. The van der Waals surface area contributed by atoms with Crippen molar-refractivity contribution in [1.82, 2.24) is 4.72 Å². The summed E-state index contributed by atoms with van der Waals surface area (Å²) in [7, 11) is -3.62. The van der Waals surface area contributed by atoms with Crippen molar-refractivity contribution < 1.29 is 8.42 Å². The van der Waals surface area contributed by atoms with Crippen LogP contribution in [-0.2, 0) is 22.9 Å². The molecule has 0 fully saturated rings. The van der Waals surface area contributed by atoms with Crippen LogP contribution in [0.4, 0.5) is 0 Å². The van der Waals surface area contributed by atoms with Gasteiger partial charge in [0.2, 0.25) is 10.0 Å². The lowest BCUT2D eigenvalue weighted by molar-refractivity contribution is 0.535. The van der Waals surface area contributed by atoms with E-state index in [-0.39, 0.29) is 4.90 Å². The van der Waals surface area contributed by atoms with Gasteiger partial charge in [-0.2, -0.15) is 9.98 Å². The van der Waals surface area contributed by atoms with Crippen molar-refractivity contribution in [2.24, 2.45) is 0 Å². The molecule has 1 aliphatic rings. The molecule has 96 valence electrons. The lowest BCUT2D eigenvalue weighted by Crippen LogP contribution is -2.41. The Morgan fingerprint density at radius 1 is 1.28 bits per heavy atom. The van der Waals surface area contributed by atoms with Crippen LogP contribution in [-0.4, -0.2) is 14.0 Å². The largest absolute Gasteiger partial charge is 0.241 e. The second kappa shape index (κ2) is 4.38. The van der Waals surface area contributed by atoms with E-state index in [0.717, 1.165) is 24.8 Å². The van der Waals surface area contributed by atoms with Crippen molar-refractivity contribution in [3.8, 4) is 6.07 Å². The molecular formula is C13H16N2O2S. The van der Waals surface area contributed by atoms with E-state index in [1.165, 1.54) is 19.4 Å². The van der Waals surface area contributed by atoms with Crippen molar-refractivity contribution in [2.45, 2.75) is 43.5 Å². The van der Waals surface area contributed by atoms with Gasteiger partial charge in [0.05, 0.1) is 11.0 Å². The molecular weight excluding hydrogens is 248 g/mol. The summed E-state index contributed by atoms with van der Waals surface area (Å²) in [5, 5.41) is 8.88. The van der Waals surface area contributed by atoms with Crippen LogP contribution in [0.15, 0.2) is 23.1 Å². The Balaban J connectivity index is 2.34. The Bertz CT molecular complexity index is 612. The average Bonchev–Trinajstić information content (AvgIpc) is 2.74. The van der Waals surface area contributed by atoms with Crippen LogP contribution in [0.25, 0.3) is 0 Å². The molecule has 18 heavy (non-hydrogen) atoms. The predicted octanol–water partition coefficient (Wildman–Crippen LogP) is 1.76. The maximum Gasteiger partial charge on any atom is 0.241 e. The monoisotopic (exact) mass is 264 g/mol. The fraction of sp³-hybridized carbons (Fsp3) is 0.462. The highest BCUT2D eigenvalue weighted by molar-refractivity contribution is 7.89. The highest BCUT2D eigenvalue weighted by atomic mass is 32.2. The number of sulfonamides is 1. The summed E-state index contributed by atoms with van der Waals surface area (Å²) in [6.45, 7) is 3.08. The standard InChI is InChI=1S/C13H16N2O2S/c1-13(2,9-14)15-18(16,17)12-7-6-10-4-3-5-11(10)8-12/h6-8,15H,3-5H2,1-2H3. The highest BCUT2D eigenvalue weighted by Crippen LogP contribution is 2.25. The topological polar surface area (TPSA) is 70.0 Å². The first-order chi connectivity index (χ1) is 8.34. The molecule has 0 spiro atoms. The van der Waals surface area contributed by atoms with Crippen LogP contribution in [0, 0.1) is 11.3 Å². The molecule has 0 unspecified atom stereocenters. The van der Waals surface area contributed by atoms with Crippen molar-refractivity contribution in [1.29, 1.82) is 5.26 Å². The molecule has 0 amide bonds. The number of fused-ring (bicyclic) bond motifs is 1. The number of hydrogen-bond donors (Lipinski definition) is 1. The minimum Gasteiger partial charge on any atom is -0.207 e. The Morgan fingerprint density at radius 3 is 2.61 bits per heavy atom. The summed E-state index contributed by atoms with van der Waals surface area (Å²) in [6, 6.07) is 7.13. The molecule has 0 bridgehead atoms. The highest BCUT2D eigenvalue weighted by Gasteiger charge is 2.26. The van der Waals surface area contributed by atoms with Crippen molar-refractivity contribution in [2.75, 3.05) is 0 Å². The van der Waals surface area contributed by atoms with Crippen molar-refractivity contribution in [3.05, 3.63) is 29.3 Å². The molecule has 4 nitrogen and oxygen atoms in total. The fourth-order valence-corrected chi connectivity index (χ4v) is 3.51. The minimum absolute atomic E-state index is 0.242. The van der Waals surface area contributed by atoms with Gasteiger partial charge in [-0.15, -0.1) is 0 Å². The smallest absolute Gasteiger partial charge is 0.207 e. The lowest BCUT2D eigenvalue weighted by atomic mass is 10.1. The van der Waals surface area contributed by atoms with E-state index < -0.39 is 15.6 Å². The maximum atomic E-state index is 12.1. The van der Waals surface area contributed by atoms with E-state index in [1.54, 1.807) is 12.1 Å². The van der Waals surface area contributed by atoms with Gasteiger partial charge in [-0.3, -0.25) is 0 Å². The molecule has 0 aromatic heterocycles. The van der Waals surface area contributed by atoms with Gasteiger partial charge in [-0.25, -0.2) is 8.42 Å². The average molecular weight is 264 g/mol. The molecule has 0 saturated heterocycles. The molecule has 5 heteroatoms. The third-order valence-electron chi connectivity index (χ3n) is 3.05. The Morgan fingerprint density at radius 2 is 1.94 bits per heavy atom. The number of nitriles is 1. The Hall–Kier alpha value is -1.38. The van der Waals surface area contributed by atoms with Crippen LogP contribution in [0.2, 0.25) is 0 Å². The zero-order valence-electron chi connectivity index (χ0n) is 10.5. The van der Waals surface area contributed by atoms with Crippen LogP contribution in [0.1, 0.15) is 31.4 Å². The molecule has 0 saturated carbocycles. The van der Waals surface area contributed by atoms with E-state index in [2.05, 4.69) is 4.72 Å². The van der Waals surface area contributed by atoms with Gasteiger partial charge >= 0.3 is 0 Å². The van der Waals surface area contributed by atoms with Gasteiger partial charge in [-0.05, 0) is 56.4 Å². The van der Waals surface area contributed by atoms with Gasteiger partial charge in [-0.1, -0.05) is 6.07 Å². The van der Waals surface area contributed by atoms with Gasteiger partial charge < -0.3 is 0 Å². The van der Waals surface area contributed by atoms with E-state index in [9.17, 15) is 8.42 Å². The van der Waals surface area contributed by atoms with E-state index in [0.29, 0.717) is 0 Å². The number of rotatable bonds is 3. The molecule has 0 aliphatic heterocycles. The second-order valence-corrected chi connectivity index (χ2v) is 6.81. The Labute approximate surface area is 108 Å². The van der Waals surface area contributed by atoms with Crippen molar-refractivity contribution >= 4 is 10.0 Å². The van der Waals surface area contributed by atoms with Gasteiger partial charge in [0.15, 0.2) is 0 Å². The van der Waals surface area contributed by atoms with E-state index >= 15 is 0 Å². The maximum absolute atomic E-state index is 12.1. The molecule has 0 heterocycles. The first kappa shape index (κ1) is 13.1. The molecule has 1 aromatic carbocycles. The lowest BCUT2D eigenvalue weighted by Gasteiger charge is -2.17. The van der Waals surface area contributed by atoms with Crippen molar-refractivity contribution in [3.63, 3.8) is 0 Å². The van der Waals surface area contributed by atoms with Gasteiger partial charge in [0.1, 0.15) is 5.54 Å². The second-order valence-electron chi connectivity index (χ2n) is 5.13. The first-order valence-electron chi connectivity index (χ1n) is 5.91. The van der Waals surface area contributed by atoms with Crippen LogP contribution >= 0.6 is 0 Å². The first-order valence-corrected chi connectivity index (χ1v) is 7.39. The number of benzene rings is 1. The minimum atomic E-state index is -3.62. The number of nitrogens with zero attached hydrogens (tertiary/aromatic N) is 1. The van der Waals surface area contributed by atoms with E-state index in [4.69, 9.17) is 5.26 Å².